The van der Waals surface area contributed by atoms with Crippen molar-refractivity contribution in [1.29, 1.82) is 0 Å². The van der Waals surface area contributed by atoms with Crippen molar-refractivity contribution in [3.8, 4) is 16.9 Å². The number of fused-ring (bicyclic) bond motifs is 1. The molecular formula is C32H27FN4O3S. The zero-order valence-corrected chi connectivity index (χ0v) is 23.1. The number of aryl methyl sites for hydroxylation is 1. The van der Waals surface area contributed by atoms with E-state index in [0.717, 1.165) is 22.4 Å². The van der Waals surface area contributed by atoms with E-state index < -0.39 is 5.25 Å². The second kappa shape index (κ2) is 11.5. The molecular weight excluding hydrogens is 539 g/mol. The van der Waals surface area contributed by atoms with Gasteiger partial charge in [-0.3, -0.25) is 14.5 Å². The number of aromatic nitrogens is 2. The zero-order chi connectivity index (χ0) is 28.3. The van der Waals surface area contributed by atoms with Gasteiger partial charge >= 0.3 is 0 Å². The molecule has 0 fully saturated rings. The number of benzene rings is 3. The molecule has 1 aliphatic heterocycles. The number of furan rings is 1. The summed E-state index contributed by atoms with van der Waals surface area (Å²) in [5.41, 5.74) is 4.80. The minimum absolute atomic E-state index is 0.101. The molecule has 6 rings (SSSR count). The molecule has 0 saturated carbocycles. The molecule has 0 spiro atoms. The van der Waals surface area contributed by atoms with Gasteiger partial charge < -0.3 is 9.73 Å². The predicted molar refractivity (Wildman–Crippen MR) is 157 cm³/mol. The molecule has 0 saturated heterocycles. The molecule has 9 heteroatoms. The first kappa shape index (κ1) is 26.6. The van der Waals surface area contributed by atoms with Gasteiger partial charge in [0.05, 0.1) is 35.2 Å². The molecule has 0 bridgehead atoms. The third-order valence-corrected chi connectivity index (χ3v) is 8.16. The summed E-state index contributed by atoms with van der Waals surface area (Å²) in [6.07, 6.45) is 1.54. The number of anilines is 1. The van der Waals surface area contributed by atoms with E-state index in [-0.39, 0.29) is 36.5 Å². The first-order valence-corrected chi connectivity index (χ1v) is 14.2. The Morgan fingerprint density at radius 1 is 1.05 bits per heavy atom. The lowest BCUT2D eigenvalue weighted by molar-refractivity contribution is -0.123. The fraction of sp³-hybridized carbons (Fsp3) is 0.156. The Labute approximate surface area is 241 Å². The molecule has 1 atom stereocenters. The van der Waals surface area contributed by atoms with Crippen molar-refractivity contribution < 1.29 is 18.4 Å². The molecule has 41 heavy (non-hydrogen) atoms. The number of rotatable bonds is 7. The van der Waals surface area contributed by atoms with Gasteiger partial charge in [-0.2, -0.15) is 5.10 Å². The van der Waals surface area contributed by atoms with Crippen LogP contribution in [0.25, 0.3) is 16.9 Å². The van der Waals surface area contributed by atoms with Crippen LogP contribution in [0.15, 0.2) is 102 Å². The SMILES string of the molecule is Cc1ccc(-n2nc(-c3ccccc3)c3c2N(CC(=O)NCc2ccco2)C(=O)CS[C@H]3c2cccc(F)c2)cc1. The van der Waals surface area contributed by atoms with Gasteiger partial charge in [-0.05, 0) is 48.9 Å². The van der Waals surface area contributed by atoms with Gasteiger partial charge in [-0.25, -0.2) is 9.07 Å². The lowest BCUT2D eigenvalue weighted by atomic mass is 9.99. The van der Waals surface area contributed by atoms with E-state index in [2.05, 4.69) is 5.32 Å². The van der Waals surface area contributed by atoms with E-state index in [4.69, 9.17) is 9.52 Å². The molecule has 7 nitrogen and oxygen atoms in total. The largest absolute Gasteiger partial charge is 0.467 e. The Morgan fingerprint density at radius 3 is 2.59 bits per heavy atom. The van der Waals surface area contributed by atoms with Crippen LogP contribution in [-0.2, 0) is 16.1 Å². The predicted octanol–water partition coefficient (Wildman–Crippen LogP) is 6.07. The fourth-order valence-corrected chi connectivity index (χ4v) is 6.11. The number of halogens is 1. The number of thioether (sulfide) groups is 1. The van der Waals surface area contributed by atoms with Crippen LogP contribution in [0.1, 0.15) is 27.7 Å². The number of hydrogen-bond acceptors (Lipinski definition) is 5. The summed E-state index contributed by atoms with van der Waals surface area (Å²) in [7, 11) is 0. The summed E-state index contributed by atoms with van der Waals surface area (Å²) < 4.78 is 21.6. The van der Waals surface area contributed by atoms with Crippen LogP contribution >= 0.6 is 11.8 Å². The molecule has 206 valence electrons. The maximum Gasteiger partial charge on any atom is 0.240 e. The van der Waals surface area contributed by atoms with Gasteiger partial charge in [0, 0.05) is 11.1 Å². The minimum atomic E-state index is -0.407. The Kier molecular flexibility index (Phi) is 7.43. The number of carbonyl (C=O) groups is 2. The molecule has 5 aromatic rings. The van der Waals surface area contributed by atoms with E-state index in [1.807, 2.05) is 67.6 Å². The molecule has 0 radical (unpaired) electrons. The molecule has 0 unspecified atom stereocenters. The van der Waals surface area contributed by atoms with Crippen molar-refractivity contribution in [1.82, 2.24) is 15.1 Å². The maximum atomic E-state index is 14.5. The highest BCUT2D eigenvalue weighted by Crippen LogP contribution is 2.48. The van der Waals surface area contributed by atoms with Crippen molar-refractivity contribution >= 4 is 29.4 Å². The van der Waals surface area contributed by atoms with Crippen molar-refractivity contribution in [2.75, 3.05) is 17.2 Å². The third-order valence-electron chi connectivity index (χ3n) is 6.91. The number of amides is 2. The topological polar surface area (TPSA) is 80.4 Å². The van der Waals surface area contributed by atoms with Gasteiger partial charge in [0.25, 0.3) is 0 Å². The minimum Gasteiger partial charge on any atom is -0.467 e. The zero-order valence-electron chi connectivity index (χ0n) is 22.3. The maximum absolute atomic E-state index is 14.5. The normalized spacial score (nSPS) is 14.9. The highest BCUT2D eigenvalue weighted by Gasteiger charge is 2.37. The van der Waals surface area contributed by atoms with Gasteiger partial charge in [0.15, 0.2) is 0 Å². The van der Waals surface area contributed by atoms with E-state index in [1.54, 1.807) is 29.1 Å². The summed E-state index contributed by atoms with van der Waals surface area (Å²) >= 11 is 1.40. The van der Waals surface area contributed by atoms with Crippen LogP contribution in [0.3, 0.4) is 0 Å². The second-order valence-corrected chi connectivity index (χ2v) is 10.9. The standard InChI is InChI=1S/C32H27FN4O3S/c1-21-12-14-25(15-13-21)37-32-29(30(35-37)22-7-3-2-4-8-22)31(23-9-5-10-24(33)17-23)41-20-28(39)36(32)19-27(38)34-18-26-11-6-16-40-26/h2-17,31H,18-20H2,1H3,(H,34,38)/t31-/m0/s1. The Balaban J connectivity index is 1.53. The molecule has 1 N–H and O–H groups in total. The van der Waals surface area contributed by atoms with Crippen molar-refractivity contribution in [2.24, 2.45) is 0 Å². The Morgan fingerprint density at radius 2 is 1.85 bits per heavy atom. The van der Waals surface area contributed by atoms with E-state index in [9.17, 15) is 14.0 Å². The molecule has 2 amide bonds. The van der Waals surface area contributed by atoms with Crippen LogP contribution in [-0.4, -0.2) is 33.9 Å². The number of nitrogens with one attached hydrogen (secondary N) is 1. The van der Waals surface area contributed by atoms with Crippen molar-refractivity contribution in [3.63, 3.8) is 0 Å². The fourth-order valence-electron chi connectivity index (χ4n) is 4.93. The average molecular weight is 567 g/mol. The number of hydrogen-bond donors (Lipinski definition) is 1. The highest BCUT2D eigenvalue weighted by molar-refractivity contribution is 8.00. The summed E-state index contributed by atoms with van der Waals surface area (Å²) in [5.74, 6) is 0.262. The Hall–Kier alpha value is -4.63. The highest BCUT2D eigenvalue weighted by atomic mass is 32.2. The van der Waals surface area contributed by atoms with Crippen LogP contribution in [0.2, 0.25) is 0 Å². The van der Waals surface area contributed by atoms with Gasteiger partial charge in [0.1, 0.15) is 23.9 Å². The molecule has 3 heterocycles. The van der Waals surface area contributed by atoms with E-state index in [1.165, 1.54) is 28.8 Å². The quantitative estimate of drug-likeness (QED) is 0.259. The molecule has 1 aliphatic rings. The monoisotopic (exact) mass is 566 g/mol. The smallest absolute Gasteiger partial charge is 0.240 e. The van der Waals surface area contributed by atoms with Gasteiger partial charge in [-0.1, -0.05) is 60.2 Å². The number of nitrogens with zero attached hydrogens (tertiary/aromatic N) is 3. The van der Waals surface area contributed by atoms with Crippen LogP contribution in [0.4, 0.5) is 10.2 Å². The molecule has 3 aromatic carbocycles. The lowest BCUT2D eigenvalue weighted by Crippen LogP contribution is -2.42. The molecule has 2 aromatic heterocycles. The summed E-state index contributed by atoms with van der Waals surface area (Å²) in [6, 6.07) is 27.5. The summed E-state index contributed by atoms with van der Waals surface area (Å²) in [4.78, 5) is 28.5. The Bertz CT molecular complexity index is 1680. The van der Waals surface area contributed by atoms with E-state index in [0.29, 0.717) is 22.8 Å². The van der Waals surface area contributed by atoms with Crippen molar-refractivity contribution in [2.45, 2.75) is 18.7 Å². The average Bonchev–Trinajstić information content (AvgIpc) is 3.62. The van der Waals surface area contributed by atoms with Crippen molar-refractivity contribution in [3.05, 3.63) is 126 Å². The van der Waals surface area contributed by atoms with Crippen LogP contribution < -0.4 is 10.2 Å². The first-order valence-electron chi connectivity index (χ1n) is 13.2. The van der Waals surface area contributed by atoms with Gasteiger partial charge in [0.2, 0.25) is 11.8 Å². The third kappa shape index (κ3) is 5.53. The van der Waals surface area contributed by atoms with Gasteiger partial charge in [-0.15, -0.1) is 11.8 Å². The molecule has 0 aliphatic carbocycles. The van der Waals surface area contributed by atoms with E-state index >= 15 is 0 Å². The lowest BCUT2D eigenvalue weighted by Gasteiger charge is -2.23. The second-order valence-electron chi connectivity index (χ2n) is 9.78. The summed E-state index contributed by atoms with van der Waals surface area (Å²) in [6.45, 7) is 1.99. The summed E-state index contributed by atoms with van der Waals surface area (Å²) in [5, 5.41) is 7.49. The number of carbonyl (C=O) groups excluding carboxylic acids is 2. The van der Waals surface area contributed by atoms with Crippen LogP contribution in [0.5, 0.6) is 0 Å². The first-order chi connectivity index (χ1) is 20.0. The van der Waals surface area contributed by atoms with Crippen LogP contribution in [0, 0.1) is 12.7 Å².